The van der Waals surface area contributed by atoms with Crippen LogP contribution in [0.3, 0.4) is 0 Å². The number of hydrogen-bond donors (Lipinski definition) is 0. The van der Waals surface area contributed by atoms with Crippen molar-refractivity contribution in [2.45, 2.75) is 59.4 Å². The molecule has 2 saturated heterocycles. The van der Waals surface area contributed by atoms with Gasteiger partial charge in [0.25, 0.3) is 11.5 Å². The van der Waals surface area contributed by atoms with Crippen LogP contribution in [-0.2, 0) is 16.1 Å². The molecule has 2 fully saturated rings. The number of anilines is 1. The van der Waals surface area contributed by atoms with Gasteiger partial charge < -0.3 is 9.64 Å². The Balaban J connectivity index is 2.13. The minimum absolute atomic E-state index is 0.131. The van der Waals surface area contributed by atoms with Crippen LogP contribution in [0.15, 0.2) is 9.70 Å². The van der Waals surface area contributed by atoms with E-state index < -0.39 is 0 Å². The summed E-state index contributed by atoms with van der Waals surface area (Å²) >= 11 is 6.76. The molecule has 7 nitrogen and oxygen atoms in total. The number of carbonyl (C=O) groups excluding carboxylic acids is 1. The molecule has 3 rings (SSSR count). The number of aromatic nitrogens is 1. The minimum Gasteiger partial charge on any atom is -0.385 e. The molecule has 1 amide bonds. The summed E-state index contributed by atoms with van der Waals surface area (Å²) in [7, 11) is 1.64. The summed E-state index contributed by atoms with van der Waals surface area (Å²) < 4.78 is 7.40. The lowest BCUT2D eigenvalue weighted by atomic mass is 9.97. The number of methoxy groups -OCH3 is 1. The maximum atomic E-state index is 13.3. The number of carbonyl (C=O) groups is 1. The monoisotopic (exact) mass is 502 g/mol. The van der Waals surface area contributed by atoms with Crippen LogP contribution in [0.5, 0.6) is 0 Å². The van der Waals surface area contributed by atoms with Gasteiger partial charge in [-0.2, -0.15) is 5.26 Å². The average molecular weight is 503 g/mol. The zero-order chi connectivity index (χ0) is 24.8. The van der Waals surface area contributed by atoms with Crippen LogP contribution in [0, 0.1) is 24.2 Å². The van der Waals surface area contributed by atoms with E-state index in [-0.39, 0.29) is 17.0 Å². The van der Waals surface area contributed by atoms with Crippen molar-refractivity contribution in [3.63, 3.8) is 0 Å². The highest BCUT2D eigenvalue weighted by Gasteiger charge is 2.33. The normalized spacial score (nSPS) is 18.3. The van der Waals surface area contributed by atoms with Gasteiger partial charge in [-0.1, -0.05) is 44.2 Å². The number of thiocarbonyl (C=S) groups is 1. The molecule has 0 aliphatic carbocycles. The Morgan fingerprint density at radius 3 is 2.56 bits per heavy atom. The third-order valence-corrected chi connectivity index (χ3v) is 7.92. The number of rotatable bonds is 9. The third-order valence-electron chi connectivity index (χ3n) is 6.54. The number of unbranched alkanes of at least 4 members (excludes halogenated alkanes) is 1. The van der Waals surface area contributed by atoms with E-state index >= 15 is 0 Å². The summed E-state index contributed by atoms with van der Waals surface area (Å²) in [6.07, 6.45) is 6.42. The molecule has 0 unspecified atom stereocenters. The molecule has 1 aromatic heterocycles. The van der Waals surface area contributed by atoms with Gasteiger partial charge in [0.2, 0.25) is 0 Å². The second-order valence-electron chi connectivity index (χ2n) is 9.01. The van der Waals surface area contributed by atoms with Crippen LogP contribution >= 0.6 is 24.0 Å². The van der Waals surface area contributed by atoms with Crippen molar-refractivity contribution in [2.75, 3.05) is 38.3 Å². The molecule has 9 heteroatoms. The molecule has 1 aromatic rings. The van der Waals surface area contributed by atoms with E-state index in [0.717, 1.165) is 50.2 Å². The molecule has 0 saturated carbocycles. The first-order valence-electron chi connectivity index (χ1n) is 12.0. The summed E-state index contributed by atoms with van der Waals surface area (Å²) in [5.41, 5.74) is 1.30. The standard InChI is InChI=1S/C25H34N4O3S2/c1-5-6-10-28-22(27-12-8-17(2)9-13-27)19(18(3)20(16-26)23(28)30)15-21-24(31)29(25(33)34-21)11-7-14-32-4/h15,17H,5-14H2,1-4H3/b21-15-. The Bertz CT molecular complexity index is 1070. The fourth-order valence-electron chi connectivity index (χ4n) is 4.42. The summed E-state index contributed by atoms with van der Waals surface area (Å²) in [6, 6.07) is 2.12. The number of nitriles is 1. The molecule has 184 valence electrons. The molecule has 0 aromatic carbocycles. The zero-order valence-electron chi connectivity index (χ0n) is 20.6. The van der Waals surface area contributed by atoms with Gasteiger partial charge in [0.1, 0.15) is 21.8 Å². The summed E-state index contributed by atoms with van der Waals surface area (Å²) in [5.74, 6) is 1.33. The molecule has 34 heavy (non-hydrogen) atoms. The van der Waals surface area contributed by atoms with Gasteiger partial charge in [-0.25, -0.2) is 0 Å². The van der Waals surface area contributed by atoms with E-state index in [4.69, 9.17) is 17.0 Å². The SMILES string of the molecule is CCCCn1c(N2CCC(C)CC2)c(/C=C2\SC(=S)N(CCCOC)C2=O)c(C)c(C#N)c1=O. The smallest absolute Gasteiger partial charge is 0.270 e. The number of amides is 1. The van der Waals surface area contributed by atoms with Crippen LogP contribution < -0.4 is 10.5 Å². The molecular formula is C25H34N4O3S2. The molecule has 0 bridgehead atoms. The lowest BCUT2D eigenvalue weighted by molar-refractivity contribution is -0.122. The highest BCUT2D eigenvalue weighted by atomic mass is 32.2. The maximum Gasteiger partial charge on any atom is 0.270 e. The van der Waals surface area contributed by atoms with Gasteiger partial charge in [0.15, 0.2) is 0 Å². The van der Waals surface area contributed by atoms with E-state index in [0.29, 0.717) is 46.8 Å². The van der Waals surface area contributed by atoms with Crippen LogP contribution in [-0.4, -0.2) is 53.0 Å². The second-order valence-corrected chi connectivity index (χ2v) is 10.7. The number of nitrogens with zero attached hydrogens (tertiary/aromatic N) is 4. The van der Waals surface area contributed by atoms with Crippen molar-refractivity contribution >= 4 is 46.1 Å². The van der Waals surface area contributed by atoms with Crippen LogP contribution in [0.4, 0.5) is 5.82 Å². The Morgan fingerprint density at radius 1 is 1.24 bits per heavy atom. The first-order chi connectivity index (χ1) is 16.3. The predicted octanol–water partition coefficient (Wildman–Crippen LogP) is 4.30. The fraction of sp³-hybridized carbons (Fsp3) is 0.600. The average Bonchev–Trinajstić information content (AvgIpc) is 3.08. The lowest BCUT2D eigenvalue weighted by Gasteiger charge is -2.35. The molecule has 0 spiro atoms. The number of pyridine rings is 1. The molecule has 0 N–H and O–H groups in total. The molecule has 3 heterocycles. The largest absolute Gasteiger partial charge is 0.385 e. The van der Waals surface area contributed by atoms with E-state index in [1.807, 2.05) is 13.0 Å². The van der Waals surface area contributed by atoms with Crippen molar-refractivity contribution in [1.82, 2.24) is 9.47 Å². The van der Waals surface area contributed by atoms with Crippen molar-refractivity contribution < 1.29 is 9.53 Å². The zero-order valence-corrected chi connectivity index (χ0v) is 22.2. The van der Waals surface area contributed by atoms with Gasteiger partial charge in [-0.15, -0.1) is 0 Å². The van der Waals surface area contributed by atoms with Gasteiger partial charge in [-0.3, -0.25) is 19.1 Å². The van der Waals surface area contributed by atoms with Gasteiger partial charge >= 0.3 is 0 Å². The molecule has 2 aliphatic heterocycles. The Labute approximate surface area is 211 Å². The number of piperidine rings is 1. The number of hydrogen-bond acceptors (Lipinski definition) is 7. The van der Waals surface area contributed by atoms with E-state index in [9.17, 15) is 14.9 Å². The summed E-state index contributed by atoms with van der Waals surface area (Å²) in [6.45, 7) is 9.44. The summed E-state index contributed by atoms with van der Waals surface area (Å²) in [5, 5.41) is 9.82. The quantitative estimate of drug-likeness (QED) is 0.283. The first-order valence-corrected chi connectivity index (χ1v) is 13.2. The van der Waals surface area contributed by atoms with Crippen LogP contribution in [0.25, 0.3) is 6.08 Å². The lowest BCUT2D eigenvalue weighted by Crippen LogP contribution is -2.39. The van der Waals surface area contributed by atoms with E-state index in [1.54, 1.807) is 16.6 Å². The van der Waals surface area contributed by atoms with Crippen molar-refractivity contribution in [3.8, 4) is 6.07 Å². The summed E-state index contributed by atoms with van der Waals surface area (Å²) in [4.78, 5) is 30.9. The second kappa shape index (κ2) is 12.0. The topological polar surface area (TPSA) is 78.6 Å². The Hall–Kier alpha value is -2.15. The molecule has 0 radical (unpaired) electrons. The maximum absolute atomic E-state index is 13.3. The first kappa shape index (κ1) is 26.5. The third kappa shape index (κ3) is 5.56. The van der Waals surface area contributed by atoms with Gasteiger partial charge in [0.05, 0.1) is 4.91 Å². The number of thioether (sulfide) groups is 1. The van der Waals surface area contributed by atoms with Gasteiger partial charge in [-0.05, 0) is 50.2 Å². The van der Waals surface area contributed by atoms with Crippen LogP contribution in [0.1, 0.15) is 62.6 Å². The van der Waals surface area contributed by atoms with E-state index in [1.165, 1.54) is 11.8 Å². The fourth-order valence-corrected chi connectivity index (χ4v) is 5.71. The molecule has 0 atom stereocenters. The molecule has 2 aliphatic rings. The van der Waals surface area contributed by atoms with E-state index in [2.05, 4.69) is 24.8 Å². The predicted molar refractivity (Wildman–Crippen MR) is 142 cm³/mol. The van der Waals surface area contributed by atoms with Crippen molar-refractivity contribution in [1.29, 1.82) is 5.26 Å². The minimum atomic E-state index is -0.244. The Morgan fingerprint density at radius 2 is 1.94 bits per heavy atom. The van der Waals surface area contributed by atoms with Gasteiger partial charge in [0, 0.05) is 45.5 Å². The van der Waals surface area contributed by atoms with Crippen molar-refractivity contribution in [3.05, 3.63) is 31.9 Å². The van der Waals surface area contributed by atoms with Crippen molar-refractivity contribution in [2.24, 2.45) is 5.92 Å². The highest BCUT2D eigenvalue weighted by Crippen LogP contribution is 2.36. The Kier molecular flexibility index (Phi) is 9.34. The molecular weight excluding hydrogens is 468 g/mol. The highest BCUT2D eigenvalue weighted by molar-refractivity contribution is 8.26. The van der Waals surface area contributed by atoms with Crippen LogP contribution in [0.2, 0.25) is 0 Å². The number of ether oxygens (including phenoxy) is 1.